The van der Waals surface area contributed by atoms with Gasteiger partial charge in [-0.1, -0.05) is 0 Å². The summed E-state index contributed by atoms with van der Waals surface area (Å²) in [6.45, 7) is 0.0780. The molecule has 4 nitrogen and oxygen atoms in total. The fourth-order valence-electron chi connectivity index (χ4n) is 2.05. The van der Waals surface area contributed by atoms with Crippen LogP contribution in [0.1, 0.15) is 10.4 Å². The number of pyridine rings is 1. The monoisotopic (exact) mass is 272 g/mol. The van der Waals surface area contributed by atoms with Gasteiger partial charge in [-0.2, -0.15) is 0 Å². The van der Waals surface area contributed by atoms with Crippen LogP contribution in [0.3, 0.4) is 0 Å². The molecule has 0 unspecified atom stereocenters. The number of carbonyl (C=O) groups is 1. The minimum atomic E-state index is -0.108. The van der Waals surface area contributed by atoms with Gasteiger partial charge in [-0.25, -0.2) is 0 Å². The van der Waals surface area contributed by atoms with E-state index in [1.807, 2.05) is 29.3 Å². The van der Waals surface area contributed by atoms with Gasteiger partial charge in [0.05, 0.1) is 11.9 Å². The smallest absolute Gasteiger partial charge is 0.259 e. The number of aromatic nitrogens is 2. The standard InChI is InChI=1S/C14H12N2O2S/c1-15-5-2-10(8-15)12(17)9-16-6-3-13-11(14(16)18)4-7-19-13/h2-8H,9H2,1H3. The summed E-state index contributed by atoms with van der Waals surface area (Å²) in [5, 5.41) is 2.56. The lowest BCUT2D eigenvalue weighted by Crippen LogP contribution is -2.23. The Morgan fingerprint density at radius 3 is 2.84 bits per heavy atom. The number of rotatable bonds is 3. The minimum Gasteiger partial charge on any atom is -0.357 e. The topological polar surface area (TPSA) is 44.0 Å². The third-order valence-electron chi connectivity index (χ3n) is 3.06. The first-order chi connectivity index (χ1) is 9.15. The highest BCUT2D eigenvalue weighted by atomic mass is 32.1. The maximum absolute atomic E-state index is 12.2. The molecule has 0 aliphatic heterocycles. The Balaban J connectivity index is 1.95. The maximum atomic E-state index is 12.2. The van der Waals surface area contributed by atoms with Crippen LogP contribution in [0.5, 0.6) is 0 Å². The summed E-state index contributed by atoms with van der Waals surface area (Å²) in [6, 6.07) is 5.43. The van der Waals surface area contributed by atoms with Crippen molar-refractivity contribution in [3.05, 3.63) is 58.1 Å². The number of carbonyl (C=O) groups excluding carboxylic acids is 1. The van der Waals surface area contributed by atoms with Crippen LogP contribution in [0.4, 0.5) is 0 Å². The second-order valence-corrected chi connectivity index (χ2v) is 5.38. The fourth-order valence-corrected chi connectivity index (χ4v) is 2.82. The van der Waals surface area contributed by atoms with Gasteiger partial charge in [0.1, 0.15) is 0 Å². The molecule has 5 heteroatoms. The van der Waals surface area contributed by atoms with E-state index in [9.17, 15) is 9.59 Å². The number of ketones is 1. The highest BCUT2D eigenvalue weighted by Crippen LogP contribution is 2.16. The molecule has 3 rings (SSSR count). The first-order valence-electron chi connectivity index (χ1n) is 5.87. The van der Waals surface area contributed by atoms with Crippen LogP contribution in [-0.2, 0) is 13.6 Å². The number of thiophene rings is 1. The van der Waals surface area contributed by atoms with Gasteiger partial charge in [0, 0.05) is 35.9 Å². The summed E-state index contributed by atoms with van der Waals surface area (Å²) in [5.41, 5.74) is 0.517. The molecule has 96 valence electrons. The first-order valence-corrected chi connectivity index (χ1v) is 6.75. The molecule has 0 aliphatic carbocycles. The predicted octanol–water partition coefficient (Wildman–Crippen LogP) is 2.28. The molecule has 0 aromatic carbocycles. The molecular formula is C14H12N2O2S. The molecule has 3 aromatic heterocycles. The Hall–Kier alpha value is -2.14. The van der Waals surface area contributed by atoms with E-state index in [1.165, 1.54) is 15.9 Å². The van der Waals surface area contributed by atoms with Gasteiger partial charge < -0.3 is 9.13 Å². The predicted molar refractivity (Wildman–Crippen MR) is 75.8 cm³/mol. The summed E-state index contributed by atoms with van der Waals surface area (Å²) in [7, 11) is 1.86. The van der Waals surface area contributed by atoms with Crippen molar-refractivity contribution in [1.29, 1.82) is 0 Å². The fraction of sp³-hybridized carbons (Fsp3) is 0.143. The van der Waals surface area contributed by atoms with Crippen molar-refractivity contribution in [1.82, 2.24) is 9.13 Å². The van der Waals surface area contributed by atoms with Crippen LogP contribution in [-0.4, -0.2) is 14.9 Å². The molecule has 3 aromatic rings. The van der Waals surface area contributed by atoms with E-state index >= 15 is 0 Å². The highest BCUT2D eigenvalue weighted by Gasteiger charge is 2.10. The third-order valence-corrected chi connectivity index (χ3v) is 3.94. The number of aryl methyl sites for hydroxylation is 1. The van der Waals surface area contributed by atoms with E-state index in [0.717, 1.165) is 4.70 Å². The molecule has 0 saturated carbocycles. The van der Waals surface area contributed by atoms with Crippen LogP contribution in [0, 0.1) is 0 Å². The molecule has 19 heavy (non-hydrogen) atoms. The summed E-state index contributed by atoms with van der Waals surface area (Å²) >= 11 is 1.53. The van der Waals surface area contributed by atoms with Gasteiger partial charge in [0.15, 0.2) is 5.78 Å². The van der Waals surface area contributed by atoms with Crippen LogP contribution in [0.25, 0.3) is 10.1 Å². The van der Waals surface area contributed by atoms with Crippen molar-refractivity contribution < 1.29 is 4.79 Å². The zero-order chi connectivity index (χ0) is 13.4. The lowest BCUT2D eigenvalue weighted by molar-refractivity contribution is 0.0971. The van der Waals surface area contributed by atoms with Crippen molar-refractivity contribution in [2.75, 3.05) is 0 Å². The molecule has 0 amide bonds. The van der Waals surface area contributed by atoms with Crippen LogP contribution < -0.4 is 5.56 Å². The van der Waals surface area contributed by atoms with E-state index in [4.69, 9.17) is 0 Å². The highest BCUT2D eigenvalue weighted by molar-refractivity contribution is 7.17. The molecule has 0 atom stereocenters. The van der Waals surface area contributed by atoms with Crippen molar-refractivity contribution in [3.8, 4) is 0 Å². The zero-order valence-corrected chi connectivity index (χ0v) is 11.2. The van der Waals surface area contributed by atoms with Gasteiger partial charge >= 0.3 is 0 Å². The second-order valence-electron chi connectivity index (χ2n) is 4.44. The summed E-state index contributed by atoms with van der Waals surface area (Å²) < 4.78 is 4.23. The molecule has 0 N–H and O–H groups in total. The summed E-state index contributed by atoms with van der Waals surface area (Å²) in [4.78, 5) is 24.3. The number of hydrogen-bond donors (Lipinski definition) is 0. The van der Waals surface area contributed by atoms with Crippen LogP contribution >= 0.6 is 11.3 Å². The molecule has 0 saturated heterocycles. The van der Waals surface area contributed by atoms with Gasteiger partial charge in [0.25, 0.3) is 5.56 Å². The largest absolute Gasteiger partial charge is 0.357 e. The van der Waals surface area contributed by atoms with Gasteiger partial charge in [0.2, 0.25) is 0 Å². The summed E-state index contributed by atoms with van der Waals surface area (Å²) in [5.74, 6) is -0.0581. The van der Waals surface area contributed by atoms with Crippen LogP contribution in [0.2, 0.25) is 0 Å². The first kappa shape index (κ1) is 11.9. The molecule has 0 fully saturated rings. The Bertz CT molecular complexity index is 810. The normalized spacial score (nSPS) is 11.0. The van der Waals surface area contributed by atoms with Crippen molar-refractivity contribution in [2.24, 2.45) is 7.05 Å². The Morgan fingerprint density at radius 1 is 1.26 bits per heavy atom. The van der Waals surface area contributed by atoms with E-state index in [0.29, 0.717) is 10.9 Å². The van der Waals surface area contributed by atoms with E-state index in [2.05, 4.69) is 0 Å². The number of fused-ring (bicyclic) bond motifs is 1. The van der Waals surface area contributed by atoms with Gasteiger partial charge in [-0.3, -0.25) is 9.59 Å². The van der Waals surface area contributed by atoms with Gasteiger partial charge in [-0.15, -0.1) is 11.3 Å². The Labute approximate surface area is 113 Å². The number of Topliss-reactive ketones (excluding diaryl/α,β-unsaturated/α-hetero) is 1. The lowest BCUT2D eigenvalue weighted by Gasteiger charge is -2.03. The van der Waals surface area contributed by atoms with E-state index in [1.54, 1.807) is 24.5 Å². The van der Waals surface area contributed by atoms with E-state index < -0.39 is 0 Å². The quantitative estimate of drug-likeness (QED) is 0.687. The molecule has 0 aliphatic rings. The zero-order valence-electron chi connectivity index (χ0n) is 10.4. The molecular weight excluding hydrogens is 260 g/mol. The molecule has 0 radical (unpaired) electrons. The average molecular weight is 272 g/mol. The van der Waals surface area contributed by atoms with E-state index in [-0.39, 0.29) is 17.9 Å². The van der Waals surface area contributed by atoms with Gasteiger partial charge in [-0.05, 0) is 23.6 Å². The Kier molecular flexibility index (Phi) is 2.83. The number of hydrogen-bond acceptors (Lipinski definition) is 3. The third kappa shape index (κ3) is 2.13. The summed E-state index contributed by atoms with van der Waals surface area (Å²) in [6.07, 6.45) is 5.26. The molecule has 3 heterocycles. The molecule has 0 spiro atoms. The molecule has 0 bridgehead atoms. The minimum absolute atomic E-state index is 0.0581. The van der Waals surface area contributed by atoms with Crippen molar-refractivity contribution >= 4 is 27.2 Å². The lowest BCUT2D eigenvalue weighted by atomic mass is 10.2. The Morgan fingerprint density at radius 2 is 2.11 bits per heavy atom. The van der Waals surface area contributed by atoms with Crippen molar-refractivity contribution in [3.63, 3.8) is 0 Å². The average Bonchev–Trinajstić information content (AvgIpc) is 3.01. The van der Waals surface area contributed by atoms with Crippen molar-refractivity contribution in [2.45, 2.75) is 6.54 Å². The number of nitrogens with zero attached hydrogens (tertiary/aromatic N) is 2. The SMILES string of the molecule is Cn1ccc(C(=O)Cn2ccc3sccc3c2=O)c1. The maximum Gasteiger partial charge on any atom is 0.259 e. The second kappa shape index (κ2) is 4.51. The van der Waals surface area contributed by atoms with Crippen LogP contribution in [0.15, 0.2) is 47.0 Å².